The van der Waals surface area contributed by atoms with E-state index in [-0.39, 0.29) is 36.8 Å². The molecule has 0 aromatic heterocycles. The van der Waals surface area contributed by atoms with Crippen LogP contribution >= 0.6 is 0 Å². The first-order chi connectivity index (χ1) is 13.0. The number of ketones is 2. The first-order valence-corrected chi connectivity index (χ1v) is 8.95. The Balaban J connectivity index is 2.12. The zero-order chi connectivity index (χ0) is 19.8. The second-order valence-electron chi connectivity index (χ2n) is 6.30. The molecule has 0 aliphatic carbocycles. The molecule has 0 bridgehead atoms. The van der Waals surface area contributed by atoms with Gasteiger partial charge in [0.25, 0.3) is 0 Å². The molecule has 2 aromatic rings. The van der Waals surface area contributed by atoms with Crippen LogP contribution in [0.25, 0.3) is 0 Å². The van der Waals surface area contributed by atoms with Crippen molar-refractivity contribution in [3.63, 3.8) is 0 Å². The maximum atomic E-state index is 11.9. The predicted octanol–water partition coefficient (Wildman–Crippen LogP) is 4.61. The van der Waals surface area contributed by atoms with Gasteiger partial charge in [0.05, 0.1) is 11.6 Å². The summed E-state index contributed by atoms with van der Waals surface area (Å²) in [6.07, 6.45) is 1.90. The van der Waals surface area contributed by atoms with Gasteiger partial charge >= 0.3 is 0 Å². The minimum absolute atomic E-state index is 0.0314. The Morgan fingerprint density at radius 1 is 1.15 bits per heavy atom. The van der Waals surface area contributed by atoms with Crippen LogP contribution in [0.15, 0.2) is 36.4 Å². The second-order valence-corrected chi connectivity index (χ2v) is 6.30. The summed E-state index contributed by atoms with van der Waals surface area (Å²) in [6.45, 7) is 3.69. The van der Waals surface area contributed by atoms with Crippen LogP contribution in [-0.2, 0) is 13.0 Å². The van der Waals surface area contributed by atoms with E-state index < -0.39 is 0 Å². The standard InChI is InChI=1S/C22H23NO4/c1-3-5-20-17(9-12-19(15(2)24)22(20)26)14-27-18-10-7-16(8-11-18)21(25)6-4-13-23/h7-12,26H,3-6,14H2,1-2H3. The second kappa shape index (κ2) is 9.54. The molecule has 2 aromatic carbocycles. The summed E-state index contributed by atoms with van der Waals surface area (Å²) in [5, 5.41) is 19.0. The van der Waals surface area contributed by atoms with E-state index in [1.807, 2.05) is 13.0 Å². The van der Waals surface area contributed by atoms with Crippen LogP contribution in [0.4, 0.5) is 0 Å². The first kappa shape index (κ1) is 20.2. The average Bonchev–Trinajstić information content (AvgIpc) is 2.66. The summed E-state index contributed by atoms with van der Waals surface area (Å²) in [5.41, 5.74) is 2.43. The van der Waals surface area contributed by atoms with Crippen LogP contribution in [-0.4, -0.2) is 16.7 Å². The zero-order valence-corrected chi connectivity index (χ0v) is 15.6. The molecule has 0 fully saturated rings. The lowest BCUT2D eigenvalue weighted by atomic mass is 9.97. The molecule has 0 aliphatic rings. The van der Waals surface area contributed by atoms with Gasteiger partial charge in [0.1, 0.15) is 18.1 Å². The first-order valence-electron chi connectivity index (χ1n) is 8.95. The van der Waals surface area contributed by atoms with Gasteiger partial charge in [-0.3, -0.25) is 9.59 Å². The van der Waals surface area contributed by atoms with Crippen molar-refractivity contribution >= 4 is 11.6 Å². The normalized spacial score (nSPS) is 10.3. The predicted molar refractivity (Wildman–Crippen MR) is 102 cm³/mol. The van der Waals surface area contributed by atoms with Crippen LogP contribution in [0.3, 0.4) is 0 Å². The van der Waals surface area contributed by atoms with Crippen molar-refractivity contribution < 1.29 is 19.4 Å². The number of hydrogen-bond donors (Lipinski definition) is 1. The van der Waals surface area contributed by atoms with Crippen LogP contribution in [0.5, 0.6) is 11.5 Å². The van der Waals surface area contributed by atoms with Crippen molar-refractivity contribution in [1.82, 2.24) is 0 Å². The Morgan fingerprint density at radius 3 is 2.44 bits per heavy atom. The van der Waals surface area contributed by atoms with Gasteiger partial charge in [-0.15, -0.1) is 0 Å². The minimum Gasteiger partial charge on any atom is -0.507 e. The highest BCUT2D eigenvalue weighted by atomic mass is 16.5. The zero-order valence-electron chi connectivity index (χ0n) is 15.6. The van der Waals surface area contributed by atoms with Crippen molar-refractivity contribution in [3.8, 4) is 17.6 Å². The Hall–Kier alpha value is -3.13. The SMILES string of the molecule is CCCc1c(COc2ccc(C(=O)CCC#N)cc2)ccc(C(C)=O)c1O. The smallest absolute Gasteiger partial charge is 0.163 e. The number of ether oxygens (including phenoxy) is 1. The maximum Gasteiger partial charge on any atom is 0.163 e. The Kier molecular flexibility index (Phi) is 7.13. The van der Waals surface area contributed by atoms with E-state index in [1.165, 1.54) is 6.92 Å². The number of nitriles is 1. The van der Waals surface area contributed by atoms with Crippen molar-refractivity contribution in [2.24, 2.45) is 0 Å². The number of aromatic hydroxyl groups is 1. The van der Waals surface area contributed by atoms with Crippen LogP contribution in [0.1, 0.15) is 65.0 Å². The summed E-state index contributed by atoms with van der Waals surface area (Å²) in [4.78, 5) is 23.5. The number of phenols is 1. The van der Waals surface area contributed by atoms with Crippen LogP contribution in [0.2, 0.25) is 0 Å². The molecule has 5 nitrogen and oxygen atoms in total. The van der Waals surface area contributed by atoms with Crippen LogP contribution < -0.4 is 4.74 Å². The minimum atomic E-state index is -0.172. The van der Waals surface area contributed by atoms with Gasteiger partial charge in [-0.1, -0.05) is 19.4 Å². The molecule has 27 heavy (non-hydrogen) atoms. The molecule has 0 heterocycles. The number of nitrogens with zero attached hydrogens (tertiary/aromatic N) is 1. The summed E-state index contributed by atoms with van der Waals surface area (Å²) in [7, 11) is 0. The third-order valence-corrected chi connectivity index (χ3v) is 4.29. The van der Waals surface area contributed by atoms with E-state index in [2.05, 4.69) is 0 Å². The molecule has 0 saturated heterocycles. The summed E-state index contributed by atoms with van der Waals surface area (Å²) >= 11 is 0. The van der Waals surface area contributed by atoms with Crippen molar-refractivity contribution in [2.75, 3.05) is 0 Å². The molecule has 0 unspecified atom stereocenters. The van der Waals surface area contributed by atoms with Gasteiger partial charge < -0.3 is 9.84 Å². The molecule has 2 rings (SSSR count). The number of carbonyl (C=O) groups excluding carboxylic acids is 2. The fourth-order valence-electron chi connectivity index (χ4n) is 2.84. The lowest BCUT2D eigenvalue weighted by molar-refractivity contribution is 0.0981. The van der Waals surface area contributed by atoms with E-state index in [0.717, 1.165) is 17.5 Å². The largest absolute Gasteiger partial charge is 0.507 e. The molecule has 0 aliphatic heterocycles. The number of carbonyl (C=O) groups is 2. The highest BCUT2D eigenvalue weighted by Crippen LogP contribution is 2.29. The molecule has 0 radical (unpaired) electrons. The molecular weight excluding hydrogens is 342 g/mol. The van der Waals surface area contributed by atoms with Crippen molar-refractivity contribution in [2.45, 2.75) is 46.1 Å². The highest BCUT2D eigenvalue weighted by Gasteiger charge is 2.15. The van der Waals surface area contributed by atoms with Gasteiger partial charge in [0.15, 0.2) is 11.6 Å². The topological polar surface area (TPSA) is 87.4 Å². The molecule has 0 spiro atoms. The van der Waals surface area contributed by atoms with E-state index >= 15 is 0 Å². The third-order valence-electron chi connectivity index (χ3n) is 4.29. The van der Waals surface area contributed by atoms with Crippen molar-refractivity contribution in [3.05, 3.63) is 58.7 Å². The fraction of sp³-hybridized carbons (Fsp3) is 0.318. The molecule has 5 heteroatoms. The average molecular weight is 365 g/mol. The van der Waals surface area contributed by atoms with Gasteiger partial charge in [0.2, 0.25) is 0 Å². The summed E-state index contributed by atoms with van der Waals surface area (Å²) in [5.74, 6) is 0.389. The molecule has 1 N–H and O–H groups in total. The van der Waals surface area contributed by atoms with Gasteiger partial charge in [-0.25, -0.2) is 0 Å². The van der Waals surface area contributed by atoms with E-state index in [4.69, 9.17) is 10.00 Å². The van der Waals surface area contributed by atoms with Crippen LogP contribution in [0, 0.1) is 11.3 Å². The number of benzene rings is 2. The number of rotatable bonds is 9. The summed E-state index contributed by atoms with van der Waals surface area (Å²) < 4.78 is 5.79. The monoisotopic (exact) mass is 365 g/mol. The number of hydrogen-bond acceptors (Lipinski definition) is 5. The number of phenolic OH excluding ortho intramolecular Hbond substituents is 1. The molecular formula is C22H23NO4. The van der Waals surface area contributed by atoms with Crippen molar-refractivity contribution in [1.29, 1.82) is 5.26 Å². The third kappa shape index (κ3) is 5.18. The molecule has 0 atom stereocenters. The lowest BCUT2D eigenvalue weighted by Gasteiger charge is -2.14. The molecule has 0 saturated carbocycles. The fourth-order valence-corrected chi connectivity index (χ4v) is 2.84. The molecule has 140 valence electrons. The Bertz CT molecular complexity index is 863. The van der Waals surface area contributed by atoms with E-state index in [0.29, 0.717) is 23.3 Å². The maximum absolute atomic E-state index is 11.9. The highest BCUT2D eigenvalue weighted by molar-refractivity contribution is 5.97. The van der Waals surface area contributed by atoms with Gasteiger partial charge in [-0.2, -0.15) is 5.26 Å². The Morgan fingerprint density at radius 2 is 1.85 bits per heavy atom. The van der Waals surface area contributed by atoms with Gasteiger partial charge in [-0.05, 0) is 49.2 Å². The lowest BCUT2D eigenvalue weighted by Crippen LogP contribution is -2.04. The Labute approximate surface area is 159 Å². The van der Waals surface area contributed by atoms with E-state index in [1.54, 1.807) is 36.4 Å². The van der Waals surface area contributed by atoms with Gasteiger partial charge in [0, 0.05) is 24.0 Å². The number of Topliss-reactive ketones (excluding diaryl/α,β-unsaturated/α-hetero) is 2. The summed E-state index contributed by atoms with van der Waals surface area (Å²) in [6, 6.07) is 12.2. The van der Waals surface area contributed by atoms with E-state index in [9.17, 15) is 14.7 Å². The molecule has 0 amide bonds. The quantitative estimate of drug-likeness (QED) is 0.656.